The van der Waals surface area contributed by atoms with Crippen LogP contribution in [0.25, 0.3) is 0 Å². The van der Waals surface area contributed by atoms with Crippen LogP contribution in [0.15, 0.2) is 41.3 Å². The van der Waals surface area contributed by atoms with Gasteiger partial charge in [-0.1, -0.05) is 17.7 Å². The minimum Gasteiger partial charge on any atom is -0.496 e. The molecule has 0 heterocycles. The molecule has 6 heteroatoms. The molecule has 0 saturated carbocycles. The Balaban J connectivity index is 2.47. The average Bonchev–Trinajstić information content (AvgIpc) is 2.55. The first kappa shape index (κ1) is 17.1. The third-order valence-corrected chi connectivity index (χ3v) is 5.19. The molecule has 2 rings (SSSR count). The quantitative estimate of drug-likeness (QED) is 0.811. The highest BCUT2D eigenvalue weighted by atomic mass is 32.2. The molecule has 0 aromatic heterocycles. The van der Waals surface area contributed by atoms with Crippen LogP contribution >= 0.6 is 0 Å². The Morgan fingerprint density at radius 2 is 1.39 bits per heavy atom. The molecule has 0 saturated heterocycles. The van der Waals surface area contributed by atoms with Crippen LogP contribution < -0.4 is 14.2 Å². The van der Waals surface area contributed by atoms with Gasteiger partial charge in [0.2, 0.25) is 0 Å². The van der Waals surface area contributed by atoms with Crippen LogP contribution in [0.1, 0.15) is 11.1 Å². The van der Waals surface area contributed by atoms with Crippen LogP contribution in [0.4, 0.5) is 0 Å². The summed E-state index contributed by atoms with van der Waals surface area (Å²) < 4.78 is 41.1. The molecule has 5 nitrogen and oxygen atoms in total. The molecule has 0 spiro atoms. The van der Waals surface area contributed by atoms with Crippen molar-refractivity contribution in [1.29, 1.82) is 0 Å². The zero-order valence-corrected chi connectivity index (χ0v) is 14.4. The summed E-state index contributed by atoms with van der Waals surface area (Å²) in [5, 5.41) is 0. The van der Waals surface area contributed by atoms with Crippen molar-refractivity contribution < 1.29 is 22.6 Å². The lowest BCUT2D eigenvalue weighted by molar-refractivity contribution is 0.370. The van der Waals surface area contributed by atoms with E-state index in [4.69, 9.17) is 14.2 Å². The number of ether oxygens (including phenoxy) is 3. The molecular weight excluding hydrogens is 316 g/mol. The Kier molecular flexibility index (Phi) is 5.15. The zero-order valence-electron chi connectivity index (χ0n) is 13.6. The average molecular weight is 336 g/mol. The molecule has 2 aromatic rings. The van der Waals surface area contributed by atoms with Gasteiger partial charge in [0.05, 0.1) is 37.5 Å². The first-order valence-corrected chi connectivity index (χ1v) is 8.65. The zero-order chi connectivity index (χ0) is 17.0. The predicted molar refractivity (Wildman–Crippen MR) is 88.2 cm³/mol. The summed E-state index contributed by atoms with van der Waals surface area (Å²) in [5.74, 6) is 1.15. The van der Waals surface area contributed by atoms with Crippen molar-refractivity contribution in [2.75, 3.05) is 21.3 Å². The van der Waals surface area contributed by atoms with Crippen LogP contribution in [0.3, 0.4) is 0 Å². The van der Waals surface area contributed by atoms with E-state index in [9.17, 15) is 8.42 Å². The summed E-state index contributed by atoms with van der Waals surface area (Å²) in [4.78, 5) is 0.267. The van der Waals surface area contributed by atoms with Crippen molar-refractivity contribution >= 4 is 9.84 Å². The molecule has 0 aliphatic carbocycles. The molecule has 0 aliphatic heterocycles. The number of hydrogen-bond acceptors (Lipinski definition) is 5. The SMILES string of the molecule is COc1cc(OC)c(CS(=O)(=O)c2ccc(C)cc2)c(OC)c1. The molecule has 0 bridgehead atoms. The summed E-state index contributed by atoms with van der Waals surface area (Å²) in [6, 6.07) is 10.0. The van der Waals surface area contributed by atoms with Crippen molar-refractivity contribution in [2.24, 2.45) is 0 Å². The molecule has 23 heavy (non-hydrogen) atoms. The maximum atomic E-state index is 12.7. The van der Waals surface area contributed by atoms with Crippen LogP contribution in [-0.2, 0) is 15.6 Å². The van der Waals surface area contributed by atoms with Gasteiger partial charge >= 0.3 is 0 Å². The normalized spacial score (nSPS) is 11.1. The number of benzene rings is 2. The number of sulfone groups is 1. The van der Waals surface area contributed by atoms with Gasteiger partial charge in [0, 0.05) is 12.1 Å². The first-order chi connectivity index (χ1) is 10.9. The second-order valence-corrected chi connectivity index (χ2v) is 7.07. The Bertz CT molecular complexity index is 754. The van der Waals surface area contributed by atoms with Gasteiger partial charge in [-0.3, -0.25) is 0 Å². The molecule has 124 valence electrons. The number of rotatable bonds is 6. The van der Waals surface area contributed by atoms with Gasteiger partial charge in [-0.2, -0.15) is 0 Å². The minimum atomic E-state index is -3.52. The molecule has 0 fully saturated rings. The highest BCUT2D eigenvalue weighted by Gasteiger charge is 2.22. The topological polar surface area (TPSA) is 61.8 Å². The molecule has 0 amide bonds. The van der Waals surface area contributed by atoms with Crippen molar-refractivity contribution in [3.63, 3.8) is 0 Å². The molecule has 0 radical (unpaired) electrons. The van der Waals surface area contributed by atoms with Crippen LogP contribution in [0, 0.1) is 6.92 Å². The van der Waals surface area contributed by atoms with Gasteiger partial charge in [-0.15, -0.1) is 0 Å². The maximum absolute atomic E-state index is 12.7. The first-order valence-electron chi connectivity index (χ1n) is 6.99. The smallest absolute Gasteiger partial charge is 0.182 e. The minimum absolute atomic E-state index is 0.216. The van der Waals surface area contributed by atoms with E-state index in [1.165, 1.54) is 21.3 Å². The second kappa shape index (κ2) is 6.91. The fourth-order valence-electron chi connectivity index (χ4n) is 2.24. The van der Waals surface area contributed by atoms with Crippen LogP contribution in [0.2, 0.25) is 0 Å². The van der Waals surface area contributed by atoms with Crippen molar-refractivity contribution in [3.05, 3.63) is 47.5 Å². The fraction of sp³-hybridized carbons (Fsp3) is 0.294. The van der Waals surface area contributed by atoms with Crippen molar-refractivity contribution in [1.82, 2.24) is 0 Å². The van der Waals surface area contributed by atoms with E-state index in [0.29, 0.717) is 22.8 Å². The Morgan fingerprint density at radius 1 is 0.870 bits per heavy atom. The standard InChI is InChI=1S/C17H20O5S/c1-12-5-7-14(8-6-12)23(18,19)11-15-16(21-3)9-13(20-2)10-17(15)22-4/h5-10H,11H2,1-4H3. The lowest BCUT2D eigenvalue weighted by atomic mass is 10.2. The summed E-state index contributed by atoms with van der Waals surface area (Å²) in [6.07, 6.45) is 0. The van der Waals surface area contributed by atoms with Crippen molar-refractivity contribution in [3.8, 4) is 17.2 Å². The fourth-order valence-corrected chi connectivity index (χ4v) is 3.62. The van der Waals surface area contributed by atoms with E-state index in [0.717, 1.165) is 5.56 Å². The third-order valence-electron chi connectivity index (χ3n) is 3.53. The summed E-state index contributed by atoms with van der Waals surface area (Å²) in [5.41, 5.74) is 1.47. The Morgan fingerprint density at radius 3 is 1.83 bits per heavy atom. The third kappa shape index (κ3) is 3.76. The Hall–Kier alpha value is -2.21. The van der Waals surface area contributed by atoms with Crippen molar-refractivity contribution in [2.45, 2.75) is 17.6 Å². The second-order valence-electron chi connectivity index (χ2n) is 5.08. The lowest BCUT2D eigenvalue weighted by Gasteiger charge is -2.15. The molecule has 0 unspecified atom stereocenters. The summed E-state index contributed by atoms with van der Waals surface area (Å²) in [6.45, 7) is 1.91. The van der Waals surface area contributed by atoms with E-state index < -0.39 is 9.84 Å². The molecule has 2 aromatic carbocycles. The van der Waals surface area contributed by atoms with E-state index in [1.54, 1.807) is 36.4 Å². The lowest BCUT2D eigenvalue weighted by Crippen LogP contribution is -2.08. The largest absolute Gasteiger partial charge is 0.496 e. The van der Waals surface area contributed by atoms with E-state index >= 15 is 0 Å². The van der Waals surface area contributed by atoms with Crippen LogP contribution in [0.5, 0.6) is 17.2 Å². The maximum Gasteiger partial charge on any atom is 0.182 e. The van der Waals surface area contributed by atoms with E-state index in [2.05, 4.69) is 0 Å². The van der Waals surface area contributed by atoms with Gasteiger partial charge in [0.1, 0.15) is 17.2 Å². The highest BCUT2D eigenvalue weighted by Crippen LogP contribution is 2.36. The monoisotopic (exact) mass is 336 g/mol. The van der Waals surface area contributed by atoms with Gasteiger partial charge < -0.3 is 14.2 Å². The highest BCUT2D eigenvalue weighted by molar-refractivity contribution is 7.90. The van der Waals surface area contributed by atoms with E-state index in [-0.39, 0.29) is 10.6 Å². The molecule has 0 atom stereocenters. The van der Waals surface area contributed by atoms with Gasteiger partial charge in [-0.05, 0) is 19.1 Å². The van der Waals surface area contributed by atoms with Gasteiger partial charge in [0.15, 0.2) is 9.84 Å². The molecule has 0 aliphatic rings. The van der Waals surface area contributed by atoms with Crippen LogP contribution in [-0.4, -0.2) is 29.7 Å². The molecule has 0 N–H and O–H groups in total. The summed E-state index contributed by atoms with van der Waals surface area (Å²) >= 11 is 0. The number of methoxy groups -OCH3 is 3. The van der Waals surface area contributed by atoms with Gasteiger partial charge in [0.25, 0.3) is 0 Å². The molecular formula is C17H20O5S. The summed E-state index contributed by atoms with van der Waals surface area (Å²) in [7, 11) is 0.974. The number of aryl methyl sites for hydroxylation is 1. The predicted octanol–water partition coefficient (Wildman–Crippen LogP) is 2.99. The van der Waals surface area contributed by atoms with E-state index in [1.807, 2.05) is 6.92 Å². The van der Waals surface area contributed by atoms with Gasteiger partial charge in [-0.25, -0.2) is 8.42 Å². The Labute approximate surface area is 136 Å². The number of hydrogen-bond donors (Lipinski definition) is 0.